The van der Waals surface area contributed by atoms with Crippen LogP contribution in [0, 0.1) is 6.92 Å². The SMILES string of the molecule is CCOC(=O)c1nnn(Cc2nc(C(C)C)no2)c1C. The van der Waals surface area contributed by atoms with Gasteiger partial charge >= 0.3 is 5.97 Å². The zero-order valence-corrected chi connectivity index (χ0v) is 12.0. The van der Waals surface area contributed by atoms with Crippen LogP contribution in [0.3, 0.4) is 0 Å². The van der Waals surface area contributed by atoms with E-state index in [1.807, 2.05) is 13.8 Å². The summed E-state index contributed by atoms with van der Waals surface area (Å²) in [6.45, 7) is 8.02. The summed E-state index contributed by atoms with van der Waals surface area (Å²) >= 11 is 0. The molecule has 108 valence electrons. The number of rotatable bonds is 5. The minimum absolute atomic E-state index is 0.194. The number of esters is 1. The molecule has 0 aliphatic rings. The Balaban J connectivity index is 2.15. The highest BCUT2D eigenvalue weighted by Crippen LogP contribution is 2.12. The third-order valence-corrected chi connectivity index (χ3v) is 2.74. The van der Waals surface area contributed by atoms with Gasteiger partial charge in [0.05, 0.1) is 12.3 Å². The largest absolute Gasteiger partial charge is 0.461 e. The van der Waals surface area contributed by atoms with Crippen LogP contribution in [-0.4, -0.2) is 37.7 Å². The van der Waals surface area contributed by atoms with Crippen LogP contribution in [0.25, 0.3) is 0 Å². The second-order valence-corrected chi connectivity index (χ2v) is 4.60. The zero-order valence-electron chi connectivity index (χ0n) is 12.0. The van der Waals surface area contributed by atoms with Gasteiger partial charge in [0, 0.05) is 5.92 Å². The maximum atomic E-state index is 11.6. The van der Waals surface area contributed by atoms with Gasteiger partial charge in [-0.05, 0) is 13.8 Å². The molecule has 2 heterocycles. The summed E-state index contributed by atoms with van der Waals surface area (Å²) in [4.78, 5) is 15.9. The molecule has 8 nitrogen and oxygen atoms in total. The van der Waals surface area contributed by atoms with Crippen LogP contribution in [-0.2, 0) is 11.3 Å². The van der Waals surface area contributed by atoms with Crippen LogP contribution in [0.15, 0.2) is 4.52 Å². The first-order valence-corrected chi connectivity index (χ1v) is 6.42. The predicted octanol–water partition coefficient (Wildman–Crippen LogP) is 1.32. The molecule has 2 aromatic heterocycles. The monoisotopic (exact) mass is 279 g/mol. The number of carbonyl (C=O) groups excluding carboxylic acids is 1. The van der Waals surface area contributed by atoms with Crippen LogP contribution in [0.2, 0.25) is 0 Å². The molecule has 20 heavy (non-hydrogen) atoms. The van der Waals surface area contributed by atoms with E-state index in [1.54, 1.807) is 13.8 Å². The van der Waals surface area contributed by atoms with Gasteiger partial charge in [-0.2, -0.15) is 4.98 Å². The molecule has 8 heteroatoms. The first kappa shape index (κ1) is 14.2. The Labute approximate surface area is 116 Å². The average molecular weight is 279 g/mol. The Morgan fingerprint density at radius 1 is 1.45 bits per heavy atom. The van der Waals surface area contributed by atoms with Crippen LogP contribution in [0.4, 0.5) is 0 Å². The second kappa shape index (κ2) is 5.81. The van der Waals surface area contributed by atoms with Crippen LogP contribution in [0.1, 0.15) is 54.6 Å². The molecule has 0 fully saturated rings. The van der Waals surface area contributed by atoms with Crippen molar-refractivity contribution in [3.8, 4) is 0 Å². The fourth-order valence-corrected chi connectivity index (χ4v) is 1.59. The molecule has 2 aromatic rings. The maximum absolute atomic E-state index is 11.6. The fourth-order valence-electron chi connectivity index (χ4n) is 1.59. The van der Waals surface area contributed by atoms with Crippen molar-refractivity contribution < 1.29 is 14.1 Å². The molecule has 0 N–H and O–H groups in total. The fraction of sp³-hybridized carbons (Fsp3) is 0.583. The highest BCUT2D eigenvalue weighted by atomic mass is 16.5. The molecule has 0 aliphatic carbocycles. The molecule has 0 aromatic carbocycles. The molecule has 0 saturated carbocycles. The predicted molar refractivity (Wildman–Crippen MR) is 68.2 cm³/mol. The number of carbonyl (C=O) groups is 1. The smallest absolute Gasteiger partial charge is 0.360 e. The van der Waals surface area contributed by atoms with Gasteiger partial charge in [-0.3, -0.25) is 0 Å². The van der Waals surface area contributed by atoms with Crippen LogP contribution in [0.5, 0.6) is 0 Å². The quantitative estimate of drug-likeness (QED) is 0.761. The molecule has 0 spiro atoms. The lowest BCUT2D eigenvalue weighted by molar-refractivity contribution is 0.0518. The standard InChI is InChI=1S/C12H17N5O3/c1-5-19-12(18)10-8(4)17(16-14-10)6-9-13-11(7(2)3)15-20-9/h7H,5-6H2,1-4H3. The van der Waals surface area contributed by atoms with Crippen molar-refractivity contribution in [1.82, 2.24) is 25.1 Å². The topological polar surface area (TPSA) is 95.9 Å². The van der Waals surface area contributed by atoms with E-state index in [0.29, 0.717) is 24.0 Å². The third kappa shape index (κ3) is 2.84. The van der Waals surface area contributed by atoms with E-state index < -0.39 is 5.97 Å². The van der Waals surface area contributed by atoms with E-state index in [0.717, 1.165) is 0 Å². The van der Waals surface area contributed by atoms with E-state index >= 15 is 0 Å². The summed E-state index contributed by atoms with van der Waals surface area (Å²) in [5.41, 5.74) is 0.809. The summed E-state index contributed by atoms with van der Waals surface area (Å²) in [5.74, 6) is 0.782. The Morgan fingerprint density at radius 3 is 2.80 bits per heavy atom. The van der Waals surface area contributed by atoms with Crippen molar-refractivity contribution in [2.75, 3.05) is 6.61 Å². The molecule has 0 bridgehead atoms. The van der Waals surface area contributed by atoms with E-state index in [4.69, 9.17) is 9.26 Å². The summed E-state index contributed by atoms with van der Waals surface area (Å²) in [6, 6.07) is 0. The number of hydrogen-bond donors (Lipinski definition) is 0. The maximum Gasteiger partial charge on any atom is 0.360 e. The molecule has 0 atom stereocenters. The van der Waals surface area contributed by atoms with Crippen molar-refractivity contribution >= 4 is 5.97 Å². The van der Waals surface area contributed by atoms with Crippen molar-refractivity contribution in [3.63, 3.8) is 0 Å². The Morgan fingerprint density at radius 2 is 2.20 bits per heavy atom. The summed E-state index contributed by atoms with van der Waals surface area (Å²) < 4.78 is 11.6. The van der Waals surface area contributed by atoms with Gasteiger partial charge in [-0.25, -0.2) is 9.48 Å². The Kier molecular flexibility index (Phi) is 4.11. The first-order valence-electron chi connectivity index (χ1n) is 6.42. The molecule has 0 unspecified atom stereocenters. The lowest BCUT2D eigenvalue weighted by atomic mass is 10.2. The number of nitrogens with zero attached hydrogens (tertiary/aromatic N) is 5. The Hall–Kier alpha value is -2.25. The van der Waals surface area contributed by atoms with E-state index in [1.165, 1.54) is 4.68 Å². The van der Waals surface area contributed by atoms with E-state index in [-0.39, 0.29) is 18.2 Å². The highest BCUT2D eigenvalue weighted by Gasteiger charge is 2.19. The van der Waals surface area contributed by atoms with Gasteiger partial charge in [0.1, 0.15) is 6.54 Å². The number of aromatic nitrogens is 5. The van der Waals surface area contributed by atoms with Gasteiger partial charge in [-0.1, -0.05) is 24.2 Å². The lowest BCUT2D eigenvalue weighted by Crippen LogP contribution is -2.09. The van der Waals surface area contributed by atoms with Gasteiger partial charge in [0.25, 0.3) is 0 Å². The minimum atomic E-state index is -0.482. The molecule has 0 saturated heterocycles. The van der Waals surface area contributed by atoms with E-state index in [9.17, 15) is 4.79 Å². The van der Waals surface area contributed by atoms with E-state index in [2.05, 4.69) is 20.5 Å². The molecule has 0 amide bonds. The highest BCUT2D eigenvalue weighted by molar-refractivity contribution is 5.88. The average Bonchev–Trinajstić information content (AvgIpc) is 2.99. The van der Waals surface area contributed by atoms with Crippen molar-refractivity contribution in [1.29, 1.82) is 0 Å². The van der Waals surface area contributed by atoms with Crippen molar-refractivity contribution in [2.45, 2.75) is 40.2 Å². The van der Waals surface area contributed by atoms with Crippen LogP contribution < -0.4 is 0 Å². The summed E-state index contributed by atoms with van der Waals surface area (Å²) in [5, 5.41) is 11.6. The van der Waals surface area contributed by atoms with Gasteiger partial charge in [0.15, 0.2) is 11.5 Å². The first-order chi connectivity index (χ1) is 9.52. The van der Waals surface area contributed by atoms with Gasteiger partial charge in [0.2, 0.25) is 5.89 Å². The van der Waals surface area contributed by atoms with Crippen LogP contribution >= 0.6 is 0 Å². The molecule has 0 aliphatic heterocycles. The molecular weight excluding hydrogens is 262 g/mol. The molecular formula is C12H17N5O3. The molecule has 0 radical (unpaired) electrons. The van der Waals surface area contributed by atoms with Crippen molar-refractivity contribution in [3.05, 3.63) is 23.1 Å². The second-order valence-electron chi connectivity index (χ2n) is 4.60. The molecule has 2 rings (SSSR count). The Bertz CT molecular complexity index is 602. The lowest BCUT2D eigenvalue weighted by Gasteiger charge is -2.00. The van der Waals surface area contributed by atoms with Crippen molar-refractivity contribution in [2.24, 2.45) is 0 Å². The number of ether oxygens (including phenoxy) is 1. The van der Waals surface area contributed by atoms with Gasteiger partial charge in [-0.15, -0.1) is 5.10 Å². The zero-order chi connectivity index (χ0) is 14.7. The summed E-state index contributed by atoms with van der Waals surface area (Å²) in [6.07, 6.45) is 0. The normalized spacial score (nSPS) is 11.1. The van der Waals surface area contributed by atoms with Gasteiger partial charge < -0.3 is 9.26 Å². The third-order valence-electron chi connectivity index (χ3n) is 2.74. The summed E-state index contributed by atoms with van der Waals surface area (Å²) in [7, 11) is 0. The number of hydrogen-bond acceptors (Lipinski definition) is 7. The minimum Gasteiger partial charge on any atom is -0.461 e.